The van der Waals surface area contributed by atoms with Gasteiger partial charge in [0.1, 0.15) is 18.1 Å². The number of carboxylic acids is 1. The zero-order chi connectivity index (χ0) is 23.7. The number of nitrogens with zero attached hydrogens (tertiary/aromatic N) is 1. The van der Waals surface area contributed by atoms with Crippen LogP contribution in [0, 0.1) is 0 Å². The topological polar surface area (TPSA) is 185 Å². The molecule has 3 unspecified atom stereocenters. The quantitative estimate of drug-likeness (QED) is 0.273. The maximum atomic E-state index is 12.9. The third kappa shape index (κ3) is 7.05. The SMILES string of the molecule is NCC(=O)N1CCCC1C(=O)NC(Cc1ccccc1)C(=O)NC(CCC(N)=O)C(=O)O. The van der Waals surface area contributed by atoms with Gasteiger partial charge in [0, 0.05) is 19.4 Å². The van der Waals surface area contributed by atoms with E-state index in [1.54, 1.807) is 30.3 Å². The van der Waals surface area contributed by atoms with Gasteiger partial charge in [0.2, 0.25) is 23.6 Å². The predicted octanol–water partition coefficient (Wildman–Crippen LogP) is -1.50. The molecule has 1 aromatic rings. The number of hydrogen-bond donors (Lipinski definition) is 5. The van der Waals surface area contributed by atoms with Crippen LogP contribution in [0.3, 0.4) is 0 Å². The molecule has 1 aliphatic heterocycles. The van der Waals surface area contributed by atoms with Crippen molar-refractivity contribution in [3.05, 3.63) is 35.9 Å². The lowest BCUT2D eigenvalue weighted by molar-refractivity contribution is -0.143. The minimum atomic E-state index is -1.34. The van der Waals surface area contributed by atoms with E-state index >= 15 is 0 Å². The molecule has 0 saturated carbocycles. The number of likely N-dealkylation sites (tertiary alicyclic amines) is 1. The van der Waals surface area contributed by atoms with Crippen LogP contribution >= 0.6 is 0 Å². The molecule has 0 radical (unpaired) electrons. The fourth-order valence-corrected chi connectivity index (χ4v) is 3.60. The number of carboxylic acid groups (broad SMARTS) is 1. The Morgan fingerprint density at radius 2 is 1.78 bits per heavy atom. The van der Waals surface area contributed by atoms with E-state index in [-0.39, 0.29) is 31.7 Å². The average molecular weight is 447 g/mol. The Bertz CT molecular complexity index is 846. The Labute approximate surface area is 185 Å². The summed E-state index contributed by atoms with van der Waals surface area (Å²) < 4.78 is 0. The highest BCUT2D eigenvalue weighted by Gasteiger charge is 2.36. The molecule has 3 atom stereocenters. The van der Waals surface area contributed by atoms with Crippen molar-refractivity contribution >= 4 is 29.6 Å². The van der Waals surface area contributed by atoms with Crippen molar-refractivity contribution in [3.8, 4) is 0 Å². The minimum absolute atomic E-state index is 0.109. The Kier molecular flexibility index (Phi) is 9.14. The molecule has 1 aromatic carbocycles. The summed E-state index contributed by atoms with van der Waals surface area (Å²) in [5.41, 5.74) is 11.2. The van der Waals surface area contributed by atoms with Crippen LogP contribution in [0.25, 0.3) is 0 Å². The first-order valence-corrected chi connectivity index (χ1v) is 10.4. The summed E-state index contributed by atoms with van der Waals surface area (Å²) in [5.74, 6) is -3.59. The van der Waals surface area contributed by atoms with Crippen LogP contribution < -0.4 is 22.1 Å². The molecule has 32 heavy (non-hydrogen) atoms. The van der Waals surface area contributed by atoms with Gasteiger partial charge < -0.3 is 32.1 Å². The number of aliphatic carboxylic acids is 1. The molecule has 1 aliphatic rings. The number of benzene rings is 1. The Morgan fingerprint density at radius 1 is 1.09 bits per heavy atom. The Balaban J connectivity index is 2.16. The molecular formula is C21H29N5O6. The summed E-state index contributed by atoms with van der Waals surface area (Å²) in [6.07, 6.45) is 0.786. The van der Waals surface area contributed by atoms with Crippen molar-refractivity contribution in [2.75, 3.05) is 13.1 Å². The smallest absolute Gasteiger partial charge is 0.326 e. The van der Waals surface area contributed by atoms with E-state index in [2.05, 4.69) is 10.6 Å². The van der Waals surface area contributed by atoms with Crippen LogP contribution in [-0.4, -0.2) is 70.8 Å². The van der Waals surface area contributed by atoms with E-state index in [0.717, 1.165) is 5.56 Å². The average Bonchev–Trinajstić information content (AvgIpc) is 3.26. The normalized spacial score (nSPS) is 17.3. The van der Waals surface area contributed by atoms with E-state index in [0.29, 0.717) is 19.4 Å². The summed E-state index contributed by atoms with van der Waals surface area (Å²) >= 11 is 0. The number of primary amides is 1. The van der Waals surface area contributed by atoms with Gasteiger partial charge in [-0.25, -0.2) is 4.79 Å². The van der Waals surface area contributed by atoms with E-state index in [1.807, 2.05) is 0 Å². The van der Waals surface area contributed by atoms with Gasteiger partial charge in [-0.3, -0.25) is 19.2 Å². The number of hydrogen-bond acceptors (Lipinski definition) is 6. The molecule has 4 amide bonds. The van der Waals surface area contributed by atoms with Crippen molar-refractivity contribution in [2.45, 2.75) is 50.2 Å². The molecule has 11 heteroatoms. The monoisotopic (exact) mass is 447 g/mol. The standard InChI is InChI=1S/C21H29N5O6/c22-12-18(28)26-10-4-7-16(26)20(30)25-15(11-13-5-2-1-3-6-13)19(29)24-14(21(31)32)8-9-17(23)27/h1-3,5-6,14-16H,4,7-12,22H2,(H2,23,27)(H,24,29)(H,25,30)(H,31,32). The zero-order valence-corrected chi connectivity index (χ0v) is 17.7. The first-order valence-electron chi connectivity index (χ1n) is 10.4. The van der Waals surface area contributed by atoms with Crippen LogP contribution in [0.1, 0.15) is 31.2 Å². The number of amides is 4. The van der Waals surface area contributed by atoms with E-state index < -0.39 is 41.8 Å². The molecule has 1 fully saturated rings. The van der Waals surface area contributed by atoms with E-state index in [1.165, 1.54) is 4.90 Å². The lowest BCUT2D eigenvalue weighted by atomic mass is 10.0. The van der Waals surface area contributed by atoms with Crippen molar-refractivity contribution in [2.24, 2.45) is 11.5 Å². The second-order valence-corrected chi connectivity index (χ2v) is 7.60. The summed E-state index contributed by atoms with van der Waals surface area (Å²) in [4.78, 5) is 61.8. The number of carbonyl (C=O) groups excluding carboxylic acids is 4. The highest BCUT2D eigenvalue weighted by atomic mass is 16.4. The van der Waals surface area contributed by atoms with Crippen molar-refractivity contribution < 1.29 is 29.1 Å². The van der Waals surface area contributed by atoms with Gasteiger partial charge in [-0.15, -0.1) is 0 Å². The summed E-state index contributed by atoms with van der Waals surface area (Å²) in [7, 11) is 0. The van der Waals surface area contributed by atoms with Gasteiger partial charge >= 0.3 is 5.97 Å². The molecule has 1 saturated heterocycles. The highest BCUT2D eigenvalue weighted by molar-refractivity contribution is 5.94. The third-order valence-electron chi connectivity index (χ3n) is 5.26. The maximum absolute atomic E-state index is 12.9. The first-order chi connectivity index (χ1) is 15.2. The van der Waals surface area contributed by atoms with Gasteiger partial charge in [-0.05, 0) is 24.8 Å². The molecule has 0 aliphatic carbocycles. The van der Waals surface area contributed by atoms with Crippen molar-refractivity contribution in [1.29, 1.82) is 0 Å². The van der Waals surface area contributed by atoms with Crippen LogP contribution in [0.15, 0.2) is 30.3 Å². The van der Waals surface area contributed by atoms with Crippen LogP contribution in [0.4, 0.5) is 0 Å². The fraction of sp³-hybridized carbons (Fsp3) is 0.476. The second-order valence-electron chi connectivity index (χ2n) is 7.60. The number of rotatable bonds is 11. The molecule has 0 bridgehead atoms. The molecule has 174 valence electrons. The Hall–Kier alpha value is -3.47. The minimum Gasteiger partial charge on any atom is -0.480 e. The highest BCUT2D eigenvalue weighted by Crippen LogP contribution is 2.18. The molecule has 0 aromatic heterocycles. The molecular weight excluding hydrogens is 418 g/mol. The van der Waals surface area contributed by atoms with Crippen LogP contribution in [0.5, 0.6) is 0 Å². The van der Waals surface area contributed by atoms with Crippen LogP contribution in [0.2, 0.25) is 0 Å². The van der Waals surface area contributed by atoms with Gasteiger partial charge in [-0.1, -0.05) is 30.3 Å². The van der Waals surface area contributed by atoms with E-state index in [4.69, 9.17) is 11.5 Å². The first kappa shape index (κ1) is 24.8. The second kappa shape index (κ2) is 11.8. The molecule has 0 spiro atoms. The van der Waals surface area contributed by atoms with Gasteiger partial charge in [0.25, 0.3) is 0 Å². The molecule has 2 rings (SSSR count). The zero-order valence-electron chi connectivity index (χ0n) is 17.7. The fourth-order valence-electron chi connectivity index (χ4n) is 3.60. The van der Waals surface area contributed by atoms with Gasteiger partial charge in [-0.2, -0.15) is 0 Å². The summed E-state index contributed by atoms with van der Waals surface area (Å²) in [5, 5.41) is 14.4. The molecule has 11 nitrogen and oxygen atoms in total. The maximum Gasteiger partial charge on any atom is 0.326 e. The number of carbonyl (C=O) groups is 5. The lowest BCUT2D eigenvalue weighted by Gasteiger charge is -2.27. The summed E-state index contributed by atoms with van der Waals surface area (Å²) in [6, 6.07) is 5.72. The van der Waals surface area contributed by atoms with Gasteiger partial charge in [0.05, 0.1) is 6.54 Å². The van der Waals surface area contributed by atoms with Crippen molar-refractivity contribution in [1.82, 2.24) is 15.5 Å². The van der Waals surface area contributed by atoms with E-state index in [9.17, 15) is 29.1 Å². The molecule has 7 N–H and O–H groups in total. The lowest BCUT2D eigenvalue weighted by Crippen LogP contribution is -2.56. The van der Waals surface area contributed by atoms with Gasteiger partial charge in [0.15, 0.2) is 0 Å². The number of nitrogens with one attached hydrogen (secondary N) is 2. The Morgan fingerprint density at radius 3 is 2.38 bits per heavy atom. The van der Waals surface area contributed by atoms with Crippen molar-refractivity contribution in [3.63, 3.8) is 0 Å². The third-order valence-corrected chi connectivity index (χ3v) is 5.26. The van der Waals surface area contributed by atoms with Crippen LogP contribution in [-0.2, 0) is 30.4 Å². The summed E-state index contributed by atoms with van der Waals surface area (Å²) in [6.45, 7) is 0.176. The molecule has 1 heterocycles. The number of nitrogens with two attached hydrogens (primary N) is 2. The largest absolute Gasteiger partial charge is 0.480 e. The predicted molar refractivity (Wildman–Crippen MR) is 114 cm³/mol.